The van der Waals surface area contributed by atoms with Crippen LogP contribution < -0.4 is 15.8 Å². The number of anilines is 1. The van der Waals surface area contributed by atoms with Crippen LogP contribution in [0.2, 0.25) is 0 Å². The maximum absolute atomic E-state index is 12.6. The largest absolute Gasteiger partial charge is 0.368 e. The Labute approximate surface area is 146 Å². The van der Waals surface area contributed by atoms with Crippen molar-refractivity contribution in [1.29, 1.82) is 0 Å². The maximum atomic E-state index is 12.6. The molecule has 0 spiro atoms. The molecule has 2 aliphatic rings. The summed E-state index contributed by atoms with van der Waals surface area (Å²) in [5.74, 6) is -1.88. The molecule has 0 aromatic heterocycles. The minimum Gasteiger partial charge on any atom is -0.368 e. The van der Waals surface area contributed by atoms with Crippen LogP contribution in [0.25, 0.3) is 0 Å². The highest BCUT2D eigenvalue weighted by atomic mass is 16.5. The summed E-state index contributed by atoms with van der Waals surface area (Å²) < 4.78 is 5.25. The summed E-state index contributed by atoms with van der Waals surface area (Å²) in [4.78, 5) is 38.4. The molecule has 3 amide bonds. The molecule has 0 saturated carbocycles. The molecule has 1 aromatic carbocycles. The second-order valence-electron chi connectivity index (χ2n) is 6.66. The lowest BCUT2D eigenvalue weighted by Crippen LogP contribution is -2.49. The molecule has 2 fully saturated rings. The summed E-state index contributed by atoms with van der Waals surface area (Å²) in [5.41, 5.74) is 7.67. The molecule has 2 heterocycles. The van der Waals surface area contributed by atoms with E-state index in [4.69, 9.17) is 4.74 Å². The number of carbonyl (C=O) groups is 3. The zero-order chi connectivity index (χ0) is 18.0. The van der Waals surface area contributed by atoms with Gasteiger partial charge in [0.2, 0.25) is 5.91 Å². The molecule has 3 rings (SSSR count). The Hall–Kier alpha value is -2.41. The number of aryl methyl sites for hydroxylation is 2. The van der Waals surface area contributed by atoms with Crippen molar-refractivity contribution in [1.82, 2.24) is 10.9 Å². The molecule has 1 aromatic rings. The first-order valence-electron chi connectivity index (χ1n) is 8.56. The molecule has 7 heteroatoms. The summed E-state index contributed by atoms with van der Waals surface area (Å²) in [6, 6.07) is 5.91. The normalized spacial score (nSPS) is 23.0. The van der Waals surface area contributed by atoms with E-state index >= 15 is 0 Å². The Balaban J connectivity index is 1.59. The standard InChI is InChI=1S/C18H23N3O4/c1-11-8-12(2)10-13(9-11)21-6-5-14(18(21)24)16(22)19-20-17(23)15-4-3-7-25-15/h8-10,14-15H,3-7H2,1-2H3,(H,19,22)(H,20,23)/t14-,15-/m1/s1. The number of carbonyl (C=O) groups excluding carboxylic acids is 3. The van der Waals surface area contributed by atoms with Crippen molar-refractivity contribution >= 4 is 23.4 Å². The van der Waals surface area contributed by atoms with Crippen LogP contribution >= 0.6 is 0 Å². The molecule has 2 N–H and O–H groups in total. The summed E-state index contributed by atoms with van der Waals surface area (Å²) in [5, 5.41) is 0. The number of hydrazine groups is 1. The lowest BCUT2D eigenvalue weighted by atomic mass is 10.1. The smallest absolute Gasteiger partial charge is 0.267 e. The molecule has 2 saturated heterocycles. The van der Waals surface area contributed by atoms with Crippen molar-refractivity contribution in [2.24, 2.45) is 5.92 Å². The van der Waals surface area contributed by atoms with E-state index in [-0.39, 0.29) is 11.8 Å². The molecule has 134 valence electrons. The summed E-state index contributed by atoms with van der Waals surface area (Å²) in [6.45, 7) is 4.99. The highest BCUT2D eigenvalue weighted by Crippen LogP contribution is 2.27. The molecule has 0 bridgehead atoms. The predicted molar refractivity (Wildman–Crippen MR) is 91.6 cm³/mol. The lowest BCUT2D eigenvalue weighted by Gasteiger charge is -2.18. The quantitative estimate of drug-likeness (QED) is 0.631. The number of nitrogens with one attached hydrogen (secondary N) is 2. The number of hydrogen-bond donors (Lipinski definition) is 2. The zero-order valence-electron chi connectivity index (χ0n) is 14.5. The third-order valence-corrected chi connectivity index (χ3v) is 4.57. The molecule has 0 aliphatic carbocycles. The fraction of sp³-hybridized carbons (Fsp3) is 0.500. The van der Waals surface area contributed by atoms with E-state index in [1.807, 2.05) is 32.0 Å². The Morgan fingerprint density at radius 1 is 1.08 bits per heavy atom. The van der Waals surface area contributed by atoms with E-state index in [1.54, 1.807) is 4.90 Å². The second kappa shape index (κ2) is 7.23. The van der Waals surface area contributed by atoms with Crippen molar-refractivity contribution in [3.63, 3.8) is 0 Å². The SMILES string of the molecule is Cc1cc(C)cc(N2CC[C@H](C(=O)NNC(=O)[C@H]3CCCO3)C2=O)c1. The number of benzene rings is 1. The Morgan fingerprint density at radius 2 is 1.76 bits per heavy atom. The zero-order valence-corrected chi connectivity index (χ0v) is 14.5. The van der Waals surface area contributed by atoms with E-state index in [9.17, 15) is 14.4 Å². The molecule has 2 atom stereocenters. The minimum absolute atomic E-state index is 0.242. The summed E-state index contributed by atoms with van der Waals surface area (Å²) in [6.07, 6.45) is 1.38. The fourth-order valence-corrected chi connectivity index (χ4v) is 3.36. The predicted octanol–water partition coefficient (Wildman–Crippen LogP) is 0.983. The maximum Gasteiger partial charge on any atom is 0.267 e. The highest BCUT2D eigenvalue weighted by molar-refractivity contribution is 6.09. The number of nitrogens with zero attached hydrogens (tertiary/aromatic N) is 1. The van der Waals surface area contributed by atoms with Crippen LogP contribution in [0.3, 0.4) is 0 Å². The molecular formula is C18H23N3O4. The van der Waals surface area contributed by atoms with Crippen molar-refractivity contribution in [3.05, 3.63) is 29.3 Å². The molecule has 7 nitrogen and oxygen atoms in total. The Morgan fingerprint density at radius 3 is 2.40 bits per heavy atom. The first-order chi connectivity index (χ1) is 12.0. The van der Waals surface area contributed by atoms with Crippen LogP contribution in [0.5, 0.6) is 0 Å². The third-order valence-electron chi connectivity index (χ3n) is 4.57. The topological polar surface area (TPSA) is 87.7 Å². The van der Waals surface area contributed by atoms with Gasteiger partial charge in [-0.05, 0) is 56.4 Å². The van der Waals surface area contributed by atoms with E-state index in [0.29, 0.717) is 26.0 Å². The van der Waals surface area contributed by atoms with Crippen molar-refractivity contribution in [2.75, 3.05) is 18.1 Å². The van der Waals surface area contributed by atoms with Crippen LogP contribution in [-0.4, -0.2) is 37.0 Å². The molecule has 2 aliphatic heterocycles. The monoisotopic (exact) mass is 345 g/mol. The lowest BCUT2D eigenvalue weighted by molar-refractivity contribution is -0.138. The van der Waals surface area contributed by atoms with Gasteiger partial charge < -0.3 is 9.64 Å². The van der Waals surface area contributed by atoms with Crippen molar-refractivity contribution in [2.45, 2.75) is 39.2 Å². The Kier molecular flexibility index (Phi) is 5.03. The highest BCUT2D eigenvalue weighted by Gasteiger charge is 2.38. The Bertz CT molecular complexity index is 677. The van der Waals surface area contributed by atoms with Gasteiger partial charge in [-0.25, -0.2) is 0 Å². The number of rotatable bonds is 3. The van der Waals surface area contributed by atoms with E-state index in [1.165, 1.54) is 0 Å². The van der Waals surface area contributed by atoms with Crippen LogP contribution in [0, 0.1) is 19.8 Å². The van der Waals surface area contributed by atoms with Gasteiger partial charge in [-0.2, -0.15) is 0 Å². The van der Waals surface area contributed by atoms with Gasteiger partial charge in [0.1, 0.15) is 12.0 Å². The first kappa shape index (κ1) is 17.4. The third kappa shape index (κ3) is 3.82. The van der Waals surface area contributed by atoms with Gasteiger partial charge in [0, 0.05) is 18.8 Å². The second-order valence-corrected chi connectivity index (χ2v) is 6.66. The number of amides is 3. The van der Waals surface area contributed by atoms with Crippen LogP contribution in [0.4, 0.5) is 5.69 Å². The molecular weight excluding hydrogens is 322 g/mol. The average molecular weight is 345 g/mol. The molecule has 0 unspecified atom stereocenters. The van der Waals surface area contributed by atoms with Gasteiger partial charge in [0.15, 0.2) is 0 Å². The van der Waals surface area contributed by atoms with Gasteiger partial charge in [-0.3, -0.25) is 25.2 Å². The minimum atomic E-state index is -0.786. The summed E-state index contributed by atoms with van der Waals surface area (Å²) in [7, 11) is 0. The van der Waals surface area contributed by atoms with Gasteiger partial charge >= 0.3 is 0 Å². The fourth-order valence-electron chi connectivity index (χ4n) is 3.36. The average Bonchev–Trinajstić information content (AvgIpc) is 3.21. The van der Waals surface area contributed by atoms with Gasteiger partial charge in [-0.15, -0.1) is 0 Å². The van der Waals surface area contributed by atoms with Crippen molar-refractivity contribution in [3.8, 4) is 0 Å². The molecule has 0 radical (unpaired) electrons. The van der Waals surface area contributed by atoms with Gasteiger partial charge in [0.25, 0.3) is 11.8 Å². The van der Waals surface area contributed by atoms with Crippen molar-refractivity contribution < 1.29 is 19.1 Å². The van der Waals surface area contributed by atoms with Crippen LogP contribution in [0.15, 0.2) is 18.2 Å². The number of hydrogen-bond acceptors (Lipinski definition) is 4. The van der Waals surface area contributed by atoms with Crippen LogP contribution in [0.1, 0.15) is 30.4 Å². The van der Waals surface area contributed by atoms with Crippen LogP contribution in [-0.2, 0) is 19.1 Å². The summed E-state index contributed by atoms with van der Waals surface area (Å²) >= 11 is 0. The van der Waals surface area contributed by atoms with E-state index in [2.05, 4.69) is 10.9 Å². The van der Waals surface area contributed by atoms with Gasteiger partial charge in [-0.1, -0.05) is 6.07 Å². The first-order valence-corrected chi connectivity index (χ1v) is 8.56. The number of ether oxygens (including phenoxy) is 1. The van der Waals surface area contributed by atoms with E-state index in [0.717, 1.165) is 23.2 Å². The van der Waals surface area contributed by atoms with Gasteiger partial charge in [0.05, 0.1) is 0 Å². The molecule has 25 heavy (non-hydrogen) atoms. The van der Waals surface area contributed by atoms with E-state index < -0.39 is 17.9 Å².